The topological polar surface area (TPSA) is 21.3 Å². The Morgan fingerprint density at radius 1 is 1.33 bits per heavy atom. The first-order chi connectivity index (χ1) is 7.29. The van der Waals surface area contributed by atoms with Gasteiger partial charge in [-0.15, -0.1) is 0 Å². The summed E-state index contributed by atoms with van der Waals surface area (Å²) in [7, 11) is 0. The Morgan fingerprint density at radius 2 is 2.13 bits per heavy atom. The van der Waals surface area contributed by atoms with Gasteiger partial charge in [0.25, 0.3) is 0 Å². The Balaban J connectivity index is 1.62. The third-order valence-corrected chi connectivity index (χ3v) is 3.86. The van der Waals surface area contributed by atoms with Crippen LogP contribution in [0.5, 0.6) is 0 Å². The number of hydrogen-bond donors (Lipinski definition) is 1. The van der Waals surface area contributed by atoms with E-state index >= 15 is 0 Å². The van der Waals surface area contributed by atoms with E-state index in [-0.39, 0.29) is 0 Å². The Hall–Kier alpha value is -0.0800. The van der Waals surface area contributed by atoms with Gasteiger partial charge in [-0.05, 0) is 38.0 Å². The summed E-state index contributed by atoms with van der Waals surface area (Å²) >= 11 is 0. The molecule has 2 fully saturated rings. The molecule has 2 rings (SSSR count). The Morgan fingerprint density at radius 3 is 2.80 bits per heavy atom. The van der Waals surface area contributed by atoms with Crippen molar-refractivity contribution in [3.8, 4) is 0 Å². The van der Waals surface area contributed by atoms with E-state index in [0.29, 0.717) is 12.1 Å². The minimum Gasteiger partial charge on any atom is -0.378 e. The van der Waals surface area contributed by atoms with Crippen molar-refractivity contribution in [2.24, 2.45) is 11.8 Å². The SMILES string of the molecule is CCC1OCCC1CNC(C)CC1CC1. The minimum absolute atomic E-state index is 0.519. The van der Waals surface area contributed by atoms with Gasteiger partial charge in [0.2, 0.25) is 0 Å². The van der Waals surface area contributed by atoms with Crippen LogP contribution in [0.2, 0.25) is 0 Å². The zero-order chi connectivity index (χ0) is 10.7. The molecule has 1 saturated carbocycles. The number of nitrogens with one attached hydrogen (secondary N) is 1. The fraction of sp³-hybridized carbons (Fsp3) is 1.00. The predicted molar refractivity (Wildman–Crippen MR) is 62.9 cm³/mol. The second kappa shape index (κ2) is 5.31. The molecule has 3 atom stereocenters. The summed E-state index contributed by atoms with van der Waals surface area (Å²) in [6, 6.07) is 0.704. The average Bonchev–Trinajstić information content (AvgIpc) is 2.92. The van der Waals surface area contributed by atoms with Gasteiger partial charge < -0.3 is 10.1 Å². The van der Waals surface area contributed by atoms with Crippen LogP contribution in [0.15, 0.2) is 0 Å². The number of rotatable bonds is 6. The molecule has 0 aromatic rings. The molecule has 1 saturated heterocycles. The fourth-order valence-corrected chi connectivity index (χ4v) is 2.67. The highest BCUT2D eigenvalue weighted by molar-refractivity contribution is 4.81. The van der Waals surface area contributed by atoms with Gasteiger partial charge >= 0.3 is 0 Å². The molecule has 0 aromatic carbocycles. The first kappa shape index (κ1) is 11.4. The third kappa shape index (κ3) is 3.46. The Kier molecular flexibility index (Phi) is 4.04. The first-order valence-corrected chi connectivity index (χ1v) is 6.64. The first-order valence-electron chi connectivity index (χ1n) is 6.64. The van der Waals surface area contributed by atoms with Crippen molar-refractivity contribution in [3.63, 3.8) is 0 Å². The lowest BCUT2D eigenvalue weighted by atomic mass is 9.99. The van der Waals surface area contributed by atoms with Crippen molar-refractivity contribution in [3.05, 3.63) is 0 Å². The molecular formula is C13H25NO. The lowest BCUT2D eigenvalue weighted by Gasteiger charge is -2.20. The monoisotopic (exact) mass is 211 g/mol. The van der Waals surface area contributed by atoms with Crippen LogP contribution in [0, 0.1) is 11.8 Å². The minimum atomic E-state index is 0.519. The van der Waals surface area contributed by atoms with Gasteiger partial charge in [-0.3, -0.25) is 0 Å². The molecule has 2 heteroatoms. The number of ether oxygens (including phenoxy) is 1. The quantitative estimate of drug-likeness (QED) is 0.729. The summed E-state index contributed by atoms with van der Waals surface area (Å²) < 4.78 is 5.70. The van der Waals surface area contributed by atoms with Crippen molar-refractivity contribution in [2.75, 3.05) is 13.2 Å². The van der Waals surface area contributed by atoms with Crippen LogP contribution in [0.4, 0.5) is 0 Å². The van der Waals surface area contributed by atoms with Crippen molar-refractivity contribution < 1.29 is 4.74 Å². The summed E-state index contributed by atoms with van der Waals surface area (Å²) in [5.41, 5.74) is 0. The van der Waals surface area contributed by atoms with Gasteiger partial charge in [0.15, 0.2) is 0 Å². The molecule has 0 radical (unpaired) electrons. The third-order valence-electron chi connectivity index (χ3n) is 3.86. The Labute approximate surface area is 93.8 Å². The highest BCUT2D eigenvalue weighted by Gasteiger charge is 2.28. The predicted octanol–water partition coefficient (Wildman–Crippen LogP) is 2.58. The molecule has 2 aliphatic rings. The maximum Gasteiger partial charge on any atom is 0.0613 e. The van der Waals surface area contributed by atoms with E-state index < -0.39 is 0 Å². The summed E-state index contributed by atoms with van der Waals surface area (Å²) in [6.07, 6.45) is 7.26. The molecule has 88 valence electrons. The zero-order valence-electron chi connectivity index (χ0n) is 10.2. The van der Waals surface area contributed by atoms with E-state index in [2.05, 4.69) is 19.2 Å². The summed E-state index contributed by atoms with van der Waals surface area (Å²) in [6.45, 7) is 6.69. The lowest BCUT2D eigenvalue weighted by molar-refractivity contribution is 0.0866. The normalized spacial score (nSPS) is 33.2. The van der Waals surface area contributed by atoms with Crippen molar-refractivity contribution in [1.82, 2.24) is 5.32 Å². The maximum absolute atomic E-state index is 5.70. The van der Waals surface area contributed by atoms with Gasteiger partial charge in [0, 0.05) is 19.2 Å². The van der Waals surface area contributed by atoms with Crippen molar-refractivity contribution >= 4 is 0 Å². The molecular weight excluding hydrogens is 186 g/mol. The molecule has 2 nitrogen and oxygen atoms in total. The average molecular weight is 211 g/mol. The van der Waals surface area contributed by atoms with Crippen LogP contribution >= 0.6 is 0 Å². The Bertz CT molecular complexity index is 191. The van der Waals surface area contributed by atoms with Crippen LogP contribution in [0.25, 0.3) is 0 Å². The van der Waals surface area contributed by atoms with Gasteiger partial charge in [0.1, 0.15) is 0 Å². The molecule has 0 bridgehead atoms. The van der Waals surface area contributed by atoms with E-state index in [1.54, 1.807) is 0 Å². The second-order valence-electron chi connectivity index (χ2n) is 5.35. The van der Waals surface area contributed by atoms with Gasteiger partial charge in [-0.2, -0.15) is 0 Å². The van der Waals surface area contributed by atoms with Crippen LogP contribution in [0.1, 0.15) is 46.0 Å². The smallest absolute Gasteiger partial charge is 0.0613 e. The van der Waals surface area contributed by atoms with Crippen LogP contribution in [-0.4, -0.2) is 25.3 Å². The van der Waals surface area contributed by atoms with Crippen LogP contribution in [-0.2, 0) is 4.74 Å². The van der Waals surface area contributed by atoms with Gasteiger partial charge in [0.05, 0.1) is 6.10 Å². The molecule has 1 heterocycles. The molecule has 0 amide bonds. The molecule has 1 aliphatic carbocycles. The largest absolute Gasteiger partial charge is 0.378 e. The standard InChI is InChI=1S/C13H25NO/c1-3-13-12(6-7-15-13)9-14-10(2)8-11-4-5-11/h10-14H,3-9H2,1-2H3. The molecule has 0 aromatic heterocycles. The number of hydrogen-bond acceptors (Lipinski definition) is 2. The van der Waals surface area contributed by atoms with Crippen LogP contribution < -0.4 is 5.32 Å². The molecule has 1 N–H and O–H groups in total. The summed E-state index contributed by atoms with van der Waals surface area (Å²) in [5, 5.41) is 3.68. The zero-order valence-corrected chi connectivity index (χ0v) is 10.2. The van der Waals surface area contributed by atoms with E-state index in [1.807, 2.05) is 0 Å². The van der Waals surface area contributed by atoms with E-state index in [9.17, 15) is 0 Å². The molecule has 1 aliphatic heterocycles. The van der Waals surface area contributed by atoms with E-state index in [1.165, 1.54) is 32.1 Å². The lowest BCUT2D eigenvalue weighted by Crippen LogP contribution is -2.34. The van der Waals surface area contributed by atoms with E-state index in [4.69, 9.17) is 4.74 Å². The van der Waals surface area contributed by atoms with Crippen LogP contribution in [0.3, 0.4) is 0 Å². The highest BCUT2D eigenvalue weighted by atomic mass is 16.5. The maximum atomic E-state index is 5.70. The molecule has 3 unspecified atom stereocenters. The van der Waals surface area contributed by atoms with Crippen molar-refractivity contribution in [1.29, 1.82) is 0 Å². The molecule has 0 spiro atoms. The fourth-order valence-electron chi connectivity index (χ4n) is 2.67. The highest BCUT2D eigenvalue weighted by Crippen LogP contribution is 2.33. The van der Waals surface area contributed by atoms with Crippen molar-refractivity contribution in [2.45, 2.75) is 58.1 Å². The summed E-state index contributed by atoms with van der Waals surface area (Å²) in [5.74, 6) is 1.80. The van der Waals surface area contributed by atoms with E-state index in [0.717, 1.165) is 25.0 Å². The summed E-state index contributed by atoms with van der Waals surface area (Å²) in [4.78, 5) is 0. The second-order valence-corrected chi connectivity index (χ2v) is 5.35. The van der Waals surface area contributed by atoms with Gasteiger partial charge in [-0.25, -0.2) is 0 Å². The van der Waals surface area contributed by atoms with Gasteiger partial charge in [-0.1, -0.05) is 19.8 Å². The molecule has 15 heavy (non-hydrogen) atoms.